The standard InChI is InChI=1S/C17H25BrO/c1-12-5-4-6-15(9-12)17(11-18)19-16-8-7-13(2)14(3)10-16/h4-6,9,13-14,16-17H,7-8,10-11H2,1-3H3. The van der Waals surface area contributed by atoms with Crippen molar-refractivity contribution < 1.29 is 4.74 Å². The van der Waals surface area contributed by atoms with Crippen LogP contribution in [-0.2, 0) is 4.74 Å². The lowest BCUT2D eigenvalue weighted by Gasteiger charge is -2.34. The molecule has 1 nitrogen and oxygen atoms in total. The monoisotopic (exact) mass is 324 g/mol. The van der Waals surface area contributed by atoms with E-state index in [4.69, 9.17) is 4.74 Å². The minimum atomic E-state index is 0.186. The van der Waals surface area contributed by atoms with Crippen LogP contribution in [0.15, 0.2) is 24.3 Å². The van der Waals surface area contributed by atoms with E-state index in [2.05, 4.69) is 61.0 Å². The van der Waals surface area contributed by atoms with Gasteiger partial charge in [0.1, 0.15) is 0 Å². The first-order chi connectivity index (χ1) is 9.10. The fourth-order valence-corrected chi connectivity index (χ4v) is 3.45. The molecule has 4 unspecified atom stereocenters. The van der Waals surface area contributed by atoms with E-state index in [1.54, 1.807) is 0 Å². The van der Waals surface area contributed by atoms with E-state index in [9.17, 15) is 0 Å². The first-order valence-corrected chi connectivity index (χ1v) is 8.50. The predicted molar refractivity (Wildman–Crippen MR) is 84.8 cm³/mol. The number of alkyl halides is 1. The minimum Gasteiger partial charge on any atom is -0.369 e. The number of hydrogen-bond donors (Lipinski definition) is 0. The van der Waals surface area contributed by atoms with Gasteiger partial charge in [-0.1, -0.05) is 59.6 Å². The van der Waals surface area contributed by atoms with E-state index in [1.807, 2.05) is 0 Å². The van der Waals surface area contributed by atoms with Crippen LogP contribution in [0.2, 0.25) is 0 Å². The highest BCUT2D eigenvalue weighted by Crippen LogP contribution is 2.34. The van der Waals surface area contributed by atoms with Gasteiger partial charge >= 0.3 is 0 Å². The lowest BCUT2D eigenvalue weighted by molar-refractivity contribution is -0.0384. The molecule has 1 aliphatic carbocycles. The molecule has 0 amide bonds. The summed E-state index contributed by atoms with van der Waals surface area (Å²) in [5.74, 6) is 1.63. The molecule has 0 spiro atoms. The molecule has 0 aromatic heterocycles. The zero-order valence-electron chi connectivity index (χ0n) is 12.2. The molecule has 1 aliphatic rings. The van der Waals surface area contributed by atoms with Crippen molar-refractivity contribution in [3.05, 3.63) is 35.4 Å². The van der Waals surface area contributed by atoms with Gasteiger partial charge in [-0.15, -0.1) is 0 Å². The summed E-state index contributed by atoms with van der Waals surface area (Å²) in [4.78, 5) is 0. The molecular formula is C17H25BrO. The third-order valence-electron chi connectivity index (χ3n) is 4.46. The van der Waals surface area contributed by atoms with Gasteiger partial charge in [0.15, 0.2) is 0 Å². The molecule has 0 saturated heterocycles. The Balaban J connectivity index is 1.99. The van der Waals surface area contributed by atoms with E-state index in [-0.39, 0.29) is 6.10 Å². The molecule has 0 bridgehead atoms. The van der Waals surface area contributed by atoms with Gasteiger partial charge in [-0.05, 0) is 43.6 Å². The largest absolute Gasteiger partial charge is 0.369 e. The van der Waals surface area contributed by atoms with Crippen molar-refractivity contribution in [1.82, 2.24) is 0 Å². The average Bonchev–Trinajstić information content (AvgIpc) is 2.40. The van der Waals surface area contributed by atoms with E-state index < -0.39 is 0 Å². The Bertz CT molecular complexity index is 404. The number of ether oxygens (including phenoxy) is 1. The molecular weight excluding hydrogens is 300 g/mol. The molecule has 0 heterocycles. The summed E-state index contributed by atoms with van der Waals surface area (Å²) in [6.45, 7) is 6.86. The predicted octanol–water partition coefficient (Wildman–Crippen LogP) is 5.27. The van der Waals surface area contributed by atoms with Gasteiger partial charge in [0.2, 0.25) is 0 Å². The van der Waals surface area contributed by atoms with Gasteiger partial charge in [0, 0.05) is 5.33 Å². The van der Waals surface area contributed by atoms with Crippen molar-refractivity contribution in [2.75, 3.05) is 5.33 Å². The Morgan fingerprint density at radius 2 is 2.05 bits per heavy atom. The van der Waals surface area contributed by atoms with Gasteiger partial charge in [-0.25, -0.2) is 0 Å². The molecule has 0 aliphatic heterocycles. The lowest BCUT2D eigenvalue weighted by Crippen LogP contribution is -2.28. The molecule has 19 heavy (non-hydrogen) atoms. The number of hydrogen-bond acceptors (Lipinski definition) is 1. The third kappa shape index (κ3) is 4.06. The molecule has 1 fully saturated rings. The number of aryl methyl sites for hydroxylation is 1. The molecule has 0 radical (unpaired) electrons. The Morgan fingerprint density at radius 1 is 1.26 bits per heavy atom. The summed E-state index contributed by atoms with van der Waals surface area (Å²) < 4.78 is 6.35. The highest BCUT2D eigenvalue weighted by Gasteiger charge is 2.27. The van der Waals surface area contributed by atoms with Gasteiger partial charge in [-0.3, -0.25) is 0 Å². The SMILES string of the molecule is Cc1cccc(C(CBr)OC2CCC(C)C(C)C2)c1. The van der Waals surface area contributed by atoms with E-state index in [0.29, 0.717) is 6.10 Å². The summed E-state index contributed by atoms with van der Waals surface area (Å²) in [7, 11) is 0. The molecule has 0 N–H and O–H groups in total. The maximum atomic E-state index is 6.35. The second-order valence-corrected chi connectivity index (χ2v) is 6.73. The van der Waals surface area contributed by atoms with Gasteiger partial charge in [-0.2, -0.15) is 0 Å². The molecule has 1 aromatic rings. The maximum absolute atomic E-state index is 6.35. The van der Waals surface area contributed by atoms with Crippen LogP contribution in [0.25, 0.3) is 0 Å². The Hall–Kier alpha value is -0.340. The number of rotatable bonds is 4. The van der Waals surface area contributed by atoms with Crippen molar-refractivity contribution in [3.63, 3.8) is 0 Å². The Kier molecular flexibility index (Phi) is 5.47. The molecule has 1 saturated carbocycles. The van der Waals surface area contributed by atoms with Crippen LogP contribution < -0.4 is 0 Å². The molecule has 2 heteroatoms. The second kappa shape index (κ2) is 6.90. The molecule has 106 valence electrons. The fraction of sp³-hybridized carbons (Fsp3) is 0.647. The van der Waals surface area contributed by atoms with Crippen LogP contribution in [0.4, 0.5) is 0 Å². The van der Waals surface area contributed by atoms with Crippen molar-refractivity contribution >= 4 is 15.9 Å². The smallest absolute Gasteiger partial charge is 0.0925 e. The minimum absolute atomic E-state index is 0.186. The van der Waals surface area contributed by atoms with Crippen molar-refractivity contribution in [3.8, 4) is 0 Å². The molecule has 2 rings (SSSR count). The summed E-state index contributed by atoms with van der Waals surface area (Å²) in [5.41, 5.74) is 2.60. The van der Waals surface area contributed by atoms with E-state index in [0.717, 1.165) is 17.2 Å². The van der Waals surface area contributed by atoms with Crippen LogP contribution >= 0.6 is 15.9 Å². The summed E-state index contributed by atoms with van der Waals surface area (Å²) in [5, 5.41) is 0.872. The van der Waals surface area contributed by atoms with Crippen LogP contribution in [0.1, 0.15) is 50.3 Å². The van der Waals surface area contributed by atoms with E-state index >= 15 is 0 Å². The summed E-state index contributed by atoms with van der Waals surface area (Å²) >= 11 is 3.61. The zero-order valence-corrected chi connectivity index (χ0v) is 13.8. The first kappa shape index (κ1) is 15.1. The van der Waals surface area contributed by atoms with Gasteiger partial charge in [0.25, 0.3) is 0 Å². The normalized spacial score (nSPS) is 29.2. The Morgan fingerprint density at radius 3 is 2.68 bits per heavy atom. The van der Waals surface area contributed by atoms with Gasteiger partial charge < -0.3 is 4.74 Å². The summed E-state index contributed by atoms with van der Waals surface area (Å²) in [6.07, 6.45) is 4.33. The quantitative estimate of drug-likeness (QED) is 0.685. The number of benzene rings is 1. The van der Waals surface area contributed by atoms with Crippen molar-refractivity contribution in [2.24, 2.45) is 11.8 Å². The van der Waals surface area contributed by atoms with Gasteiger partial charge in [0.05, 0.1) is 12.2 Å². The second-order valence-electron chi connectivity index (χ2n) is 6.08. The van der Waals surface area contributed by atoms with Crippen LogP contribution in [0.3, 0.4) is 0 Å². The lowest BCUT2D eigenvalue weighted by atomic mass is 9.80. The highest BCUT2D eigenvalue weighted by molar-refractivity contribution is 9.09. The maximum Gasteiger partial charge on any atom is 0.0925 e. The van der Waals surface area contributed by atoms with Crippen LogP contribution in [-0.4, -0.2) is 11.4 Å². The van der Waals surface area contributed by atoms with Crippen LogP contribution in [0.5, 0.6) is 0 Å². The average molecular weight is 325 g/mol. The Labute approximate surface area is 125 Å². The third-order valence-corrected chi connectivity index (χ3v) is 5.05. The topological polar surface area (TPSA) is 9.23 Å². The van der Waals surface area contributed by atoms with Crippen LogP contribution in [0, 0.1) is 18.8 Å². The highest BCUT2D eigenvalue weighted by atomic mass is 79.9. The zero-order chi connectivity index (χ0) is 13.8. The van der Waals surface area contributed by atoms with E-state index in [1.165, 1.54) is 30.4 Å². The first-order valence-electron chi connectivity index (χ1n) is 7.38. The van der Waals surface area contributed by atoms with Crippen molar-refractivity contribution in [2.45, 2.75) is 52.2 Å². The molecule has 4 atom stereocenters. The summed E-state index contributed by atoms with van der Waals surface area (Å²) in [6, 6.07) is 8.67. The number of halogens is 1. The molecule has 1 aromatic carbocycles. The fourth-order valence-electron chi connectivity index (χ4n) is 2.93. The van der Waals surface area contributed by atoms with Crippen molar-refractivity contribution in [1.29, 1.82) is 0 Å².